The van der Waals surface area contributed by atoms with E-state index in [2.05, 4.69) is 15.8 Å². The molecule has 5 aromatic carbocycles. The number of sulfonamides is 1. The van der Waals surface area contributed by atoms with Gasteiger partial charge in [0.2, 0.25) is 10.0 Å². The highest BCUT2D eigenvalue weighted by Gasteiger charge is 2.26. The van der Waals surface area contributed by atoms with Crippen LogP contribution >= 0.6 is 0 Å². The fourth-order valence-electron chi connectivity index (χ4n) is 5.80. The molecule has 0 aliphatic heterocycles. The smallest absolute Gasteiger partial charge is 0.251 e. The van der Waals surface area contributed by atoms with Crippen LogP contribution in [0.1, 0.15) is 39.5 Å². The number of oxime groups is 1. The first-order valence-corrected chi connectivity index (χ1v) is 18.9. The average molecular weight is 757 g/mol. The van der Waals surface area contributed by atoms with Gasteiger partial charge in [-0.3, -0.25) is 4.79 Å². The Bertz CT molecular complexity index is 2150. The van der Waals surface area contributed by atoms with Crippen molar-refractivity contribution in [2.45, 2.75) is 38.6 Å². The lowest BCUT2D eigenvalue weighted by molar-refractivity contribution is 0.0829. The van der Waals surface area contributed by atoms with Gasteiger partial charge in [-0.25, -0.2) is 21.5 Å². The van der Waals surface area contributed by atoms with Crippen molar-refractivity contribution in [3.63, 3.8) is 0 Å². The number of ether oxygens (including phenoxy) is 1. The van der Waals surface area contributed by atoms with E-state index in [0.29, 0.717) is 29.3 Å². The van der Waals surface area contributed by atoms with Gasteiger partial charge < -0.3 is 25.3 Å². The van der Waals surface area contributed by atoms with Crippen LogP contribution in [0.5, 0.6) is 5.75 Å². The molecular formula is C41H42F2N4O6S. The molecule has 10 nitrogen and oxygen atoms in total. The Hall–Kier alpha value is -5.63. The molecule has 0 bridgehead atoms. The number of halogens is 2. The first-order chi connectivity index (χ1) is 25.9. The van der Waals surface area contributed by atoms with Crippen LogP contribution in [0.25, 0.3) is 0 Å². The highest BCUT2D eigenvalue weighted by Crippen LogP contribution is 2.31. The van der Waals surface area contributed by atoms with Gasteiger partial charge in [-0.1, -0.05) is 65.8 Å². The van der Waals surface area contributed by atoms with Crippen molar-refractivity contribution >= 4 is 33.0 Å². The number of hydrogen-bond acceptors (Lipinski definition) is 8. The minimum absolute atomic E-state index is 0.00558. The zero-order valence-electron chi connectivity index (χ0n) is 30.1. The summed E-state index contributed by atoms with van der Waals surface area (Å²) in [4.78, 5) is 19.7. The third kappa shape index (κ3) is 11.2. The Kier molecular flexibility index (Phi) is 13.5. The van der Waals surface area contributed by atoms with Crippen LogP contribution in [0.15, 0.2) is 126 Å². The molecular weight excluding hydrogens is 715 g/mol. The predicted octanol–water partition coefficient (Wildman–Crippen LogP) is 6.50. The van der Waals surface area contributed by atoms with E-state index in [1.807, 2.05) is 54.6 Å². The average Bonchev–Trinajstić information content (AvgIpc) is 3.14. The number of carbonyl (C=O) groups is 1. The van der Waals surface area contributed by atoms with Gasteiger partial charge in [0.25, 0.3) is 5.91 Å². The van der Waals surface area contributed by atoms with Gasteiger partial charge in [0.05, 0.1) is 42.6 Å². The molecule has 0 aliphatic rings. The highest BCUT2D eigenvalue weighted by atomic mass is 32.2. The van der Waals surface area contributed by atoms with E-state index in [0.717, 1.165) is 39.9 Å². The van der Waals surface area contributed by atoms with Crippen molar-refractivity contribution in [1.29, 1.82) is 0 Å². The van der Waals surface area contributed by atoms with Crippen molar-refractivity contribution < 1.29 is 36.7 Å². The first kappa shape index (κ1) is 39.6. The second-order valence-corrected chi connectivity index (χ2v) is 14.5. The molecule has 0 heterocycles. The highest BCUT2D eigenvalue weighted by molar-refractivity contribution is 7.92. The standard InChI is InChI=1S/C41H42F2N4O6S/c1-28(46-53-27-29-11-6-4-7-12-29)32-21-33(23-37(22-32)47(54(3,50)51)36-14-8-5-9-15-36)41(49)45-39(20-31-17-34(42)24-35(43)18-31)40(48)26-44-25-30-13-10-16-38(19-30)52-2/h4-19,21-24,39-40,44,48H,20,25-27H2,1-3H3,(H,45,49)/t39-,40+/m0/s1. The quantitative estimate of drug-likeness (QED) is 0.0730. The molecule has 5 aromatic rings. The lowest BCUT2D eigenvalue weighted by Crippen LogP contribution is -2.48. The molecule has 0 spiro atoms. The summed E-state index contributed by atoms with van der Waals surface area (Å²) in [5.41, 5.74) is 3.25. The fourth-order valence-corrected chi connectivity index (χ4v) is 6.79. The van der Waals surface area contributed by atoms with Crippen LogP contribution in [0.4, 0.5) is 20.2 Å². The minimum atomic E-state index is -3.93. The fraction of sp³-hybridized carbons (Fsp3) is 0.220. The largest absolute Gasteiger partial charge is 0.497 e. The van der Waals surface area contributed by atoms with Crippen LogP contribution in [-0.4, -0.2) is 57.2 Å². The molecule has 0 fully saturated rings. The Morgan fingerprint density at radius 1 is 0.815 bits per heavy atom. The minimum Gasteiger partial charge on any atom is -0.497 e. The van der Waals surface area contributed by atoms with Crippen LogP contribution in [0.2, 0.25) is 0 Å². The predicted molar refractivity (Wildman–Crippen MR) is 205 cm³/mol. The molecule has 5 rings (SSSR count). The van der Waals surface area contributed by atoms with E-state index < -0.39 is 39.7 Å². The number of anilines is 2. The lowest BCUT2D eigenvalue weighted by Gasteiger charge is -2.26. The Labute approximate surface area is 314 Å². The SMILES string of the molecule is COc1cccc(CNC[C@@H](O)[C@H](Cc2cc(F)cc(F)c2)NC(=O)c2cc(C(C)=NOCc3ccccc3)cc(N(c3ccccc3)S(C)(=O)=O)c2)c1. The second kappa shape index (κ2) is 18.4. The molecule has 1 amide bonds. The van der Waals surface area contributed by atoms with E-state index in [9.17, 15) is 27.1 Å². The summed E-state index contributed by atoms with van der Waals surface area (Å²) in [5.74, 6) is -1.61. The van der Waals surface area contributed by atoms with E-state index in [4.69, 9.17) is 9.57 Å². The summed E-state index contributed by atoms with van der Waals surface area (Å²) in [6.45, 7) is 2.21. The van der Waals surface area contributed by atoms with Crippen molar-refractivity contribution in [3.8, 4) is 5.75 Å². The van der Waals surface area contributed by atoms with Crippen LogP contribution in [-0.2, 0) is 34.4 Å². The molecule has 0 radical (unpaired) electrons. The summed E-state index contributed by atoms with van der Waals surface area (Å²) < 4.78 is 61.4. The summed E-state index contributed by atoms with van der Waals surface area (Å²) in [6.07, 6.45) is -0.290. The molecule has 2 atom stereocenters. The van der Waals surface area contributed by atoms with Gasteiger partial charge in [0.15, 0.2) is 0 Å². The molecule has 0 aromatic heterocycles. The van der Waals surface area contributed by atoms with Crippen molar-refractivity contribution in [1.82, 2.24) is 10.6 Å². The van der Waals surface area contributed by atoms with Crippen molar-refractivity contribution in [3.05, 3.63) is 161 Å². The summed E-state index contributed by atoms with van der Waals surface area (Å²) in [7, 11) is -2.37. The number of nitrogens with zero attached hydrogens (tertiary/aromatic N) is 2. The van der Waals surface area contributed by atoms with Crippen LogP contribution < -0.4 is 19.7 Å². The number of carbonyl (C=O) groups excluding carboxylic acids is 1. The maximum absolute atomic E-state index is 14.2. The number of para-hydroxylation sites is 1. The molecule has 0 unspecified atom stereocenters. The molecule has 0 saturated carbocycles. The lowest BCUT2D eigenvalue weighted by atomic mass is 9.99. The number of hydrogen-bond donors (Lipinski definition) is 3. The molecule has 282 valence electrons. The number of benzene rings is 5. The van der Waals surface area contributed by atoms with Crippen molar-refractivity contribution in [2.75, 3.05) is 24.2 Å². The van der Waals surface area contributed by atoms with E-state index in [-0.39, 0.29) is 36.4 Å². The van der Waals surface area contributed by atoms with Gasteiger partial charge in [-0.05, 0) is 84.6 Å². The summed E-state index contributed by atoms with van der Waals surface area (Å²) in [6, 6.07) is 31.7. The van der Waals surface area contributed by atoms with Gasteiger partial charge in [0, 0.05) is 30.3 Å². The maximum Gasteiger partial charge on any atom is 0.251 e. The monoisotopic (exact) mass is 756 g/mol. The zero-order valence-corrected chi connectivity index (χ0v) is 30.9. The first-order valence-electron chi connectivity index (χ1n) is 17.1. The number of rotatable bonds is 17. The number of amides is 1. The number of methoxy groups -OCH3 is 1. The van der Waals surface area contributed by atoms with Crippen LogP contribution in [0, 0.1) is 11.6 Å². The van der Waals surface area contributed by atoms with Gasteiger partial charge in [-0.15, -0.1) is 0 Å². The molecule has 54 heavy (non-hydrogen) atoms. The summed E-state index contributed by atoms with van der Waals surface area (Å²) >= 11 is 0. The summed E-state index contributed by atoms with van der Waals surface area (Å²) in [5, 5.41) is 21.6. The van der Waals surface area contributed by atoms with Gasteiger partial charge >= 0.3 is 0 Å². The molecule has 0 aliphatic carbocycles. The maximum atomic E-state index is 14.2. The van der Waals surface area contributed by atoms with Crippen LogP contribution in [0.3, 0.4) is 0 Å². The third-order valence-electron chi connectivity index (χ3n) is 8.41. The van der Waals surface area contributed by atoms with E-state index in [1.165, 1.54) is 12.1 Å². The molecule has 13 heteroatoms. The molecule has 0 saturated heterocycles. The number of aliphatic hydroxyl groups excluding tert-OH is 1. The Morgan fingerprint density at radius 2 is 1.46 bits per heavy atom. The Morgan fingerprint density at radius 3 is 2.13 bits per heavy atom. The van der Waals surface area contributed by atoms with Crippen molar-refractivity contribution in [2.24, 2.45) is 5.16 Å². The zero-order chi connectivity index (χ0) is 38.7. The Balaban J connectivity index is 1.47. The second-order valence-electron chi connectivity index (χ2n) is 12.7. The topological polar surface area (TPSA) is 130 Å². The van der Waals surface area contributed by atoms with Gasteiger partial charge in [0.1, 0.15) is 24.0 Å². The normalized spacial score (nSPS) is 12.8. The number of aliphatic hydroxyl groups is 1. The van der Waals surface area contributed by atoms with E-state index in [1.54, 1.807) is 50.4 Å². The molecule has 3 N–H and O–H groups in total. The van der Waals surface area contributed by atoms with Gasteiger partial charge in [-0.2, -0.15) is 0 Å². The number of nitrogens with one attached hydrogen (secondary N) is 2. The third-order valence-corrected chi connectivity index (χ3v) is 9.49. The van der Waals surface area contributed by atoms with E-state index >= 15 is 0 Å².